The van der Waals surface area contributed by atoms with Crippen molar-refractivity contribution in [3.05, 3.63) is 29.3 Å². The molecule has 0 bridgehead atoms. The highest BCUT2D eigenvalue weighted by atomic mass is 32.2. The van der Waals surface area contributed by atoms with Crippen LogP contribution in [0.1, 0.15) is 37.8 Å². The average Bonchev–Trinajstić information content (AvgIpc) is 2.72. The molecule has 0 aromatic heterocycles. The van der Waals surface area contributed by atoms with E-state index in [0.29, 0.717) is 18.0 Å². The van der Waals surface area contributed by atoms with Gasteiger partial charge in [-0.05, 0) is 63.9 Å². The maximum Gasteiger partial charge on any atom is 0.243 e. The number of aryl methyl sites for hydroxylation is 1. The largest absolute Gasteiger partial charge is 0.316 e. The fourth-order valence-corrected chi connectivity index (χ4v) is 4.74. The van der Waals surface area contributed by atoms with Crippen LogP contribution in [0.3, 0.4) is 0 Å². The zero-order valence-electron chi connectivity index (χ0n) is 12.7. The molecule has 0 atom stereocenters. The van der Waals surface area contributed by atoms with Gasteiger partial charge in [0.05, 0.1) is 4.90 Å². The van der Waals surface area contributed by atoms with Crippen molar-refractivity contribution in [1.29, 1.82) is 0 Å². The van der Waals surface area contributed by atoms with Gasteiger partial charge in [0.2, 0.25) is 10.0 Å². The molecule has 1 aliphatic rings. The van der Waals surface area contributed by atoms with Gasteiger partial charge >= 0.3 is 0 Å². The molecule has 1 heterocycles. The van der Waals surface area contributed by atoms with Crippen LogP contribution in [0, 0.1) is 6.92 Å². The second-order valence-electron chi connectivity index (χ2n) is 6.11. The molecule has 5 heteroatoms. The fourth-order valence-electron chi connectivity index (χ4n) is 2.84. The molecule has 1 aliphatic heterocycles. The molecule has 1 fully saturated rings. The summed E-state index contributed by atoms with van der Waals surface area (Å²) in [6, 6.07) is 5.41. The first-order valence-electron chi connectivity index (χ1n) is 7.06. The number of hydrogen-bond acceptors (Lipinski definition) is 3. The van der Waals surface area contributed by atoms with Crippen molar-refractivity contribution < 1.29 is 8.42 Å². The first-order chi connectivity index (χ1) is 9.29. The molecule has 20 heavy (non-hydrogen) atoms. The van der Waals surface area contributed by atoms with E-state index in [9.17, 15) is 8.42 Å². The predicted octanol–water partition coefficient (Wildman–Crippen LogP) is 2.28. The Bertz CT molecular complexity index is 594. The van der Waals surface area contributed by atoms with Gasteiger partial charge in [0.1, 0.15) is 0 Å². The minimum Gasteiger partial charge on any atom is -0.316 e. The Hall–Kier alpha value is -0.910. The second kappa shape index (κ2) is 5.47. The van der Waals surface area contributed by atoms with Gasteiger partial charge in [0, 0.05) is 18.6 Å². The molecule has 0 unspecified atom stereocenters. The monoisotopic (exact) mass is 296 g/mol. The quantitative estimate of drug-likeness (QED) is 0.927. The molecule has 1 saturated heterocycles. The van der Waals surface area contributed by atoms with E-state index in [1.807, 2.05) is 33.9 Å². The van der Waals surface area contributed by atoms with Gasteiger partial charge in [-0.15, -0.1) is 0 Å². The molecule has 1 N–H and O–H groups in total. The summed E-state index contributed by atoms with van der Waals surface area (Å²) in [6.07, 6.45) is 1.85. The minimum absolute atomic E-state index is 0.285. The van der Waals surface area contributed by atoms with Crippen molar-refractivity contribution in [2.24, 2.45) is 0 Å². The van der Waals surface area contributed by atoms with Gasteiger partial charge in [-0.2, -0.15) is 4.31 Å². The van der Waals surface area contributed by atoms with Crippen LogP contribution in [-0.4, -0.2) is 31.9 Å². The SMILES string of the molecule is CNCc1cc(S(=O)(=O)N2CCCC2(C)C)ccc1C. The van der Waals surface area contributed by atoms with Crippen molar-refractivity contribution in [3.8, 4) is 0 Å². The maximum absolute atomic E-state index is 12.8. The highest BCUT2D eigenvalue weighted by Gasteiger charge is 2.40. The lowest BCUT2D eigenvalue weighted by Gasteiger charge is -2.30. The first-order valence-corrected chi connectivity index (χ1v) is 8.50. The molecule has 4 nitrogen and oxygen atoms in total. The molecule has 0 spiro atoms. The summed E-state index contributed by atoms with van der Waals surface area (Å²) in [5.41, 5.74) is 1.86. The molecule has 1 aromatic carbocycles. The van der Waals surface area contributed by atoms with Gasteiger partial charge in [-0.25, -0.2) is 8.42 Å². The number of rotatable bonds is 4. The third-order valence-corrected chi connectivity index (χ3v) is 6.21. The summed E-state index contributed by atoms with van der Waals surface area (Å²) in [7, 11) is -1.53. The zero-order chi connectivity index (χ0) is 15.0. The molecular formula is C15H24N2O2S. The molecule has 0 radical (unpaired) electrons. The summed E-state index contributed by atoms with van der Waals surface area (Å²) >= 11 is 0. The number of nitrogens with one attached hydrogen (secondary N) is 1. The van der Waals surface area contributed by atoms with Gasteiger partial charge in [-0.1, -0.05) is 6.07 Å². The molecule has 1 aromatic rings. The normalized spacial score (nSPS) is 19.4. The first kappa shape index (κ1) is 15.5. The van der Waals surface area contributed by atoms with Gasteiger partial charge < -0.3 is 5.32 Å². The summed E-state index contributed by atoms with van der Waals surface area (Å²) < 4.78 is 27.3. The Balaban J connectivity index is 2.42. The van der Waals surface area contributed by atoms with Crippen LogP contribution in [0.5, 0.6) is 0 Å². The number of benzene rings is 1. The van der Waals surface area contributed by atoms with Crippen LogP contribution in [0.25, 0.3) is 0 Å². The lowest BCUT2D eigenvalue weighted by Crippen LogP contribution is -2.42. The van der Waals surface area contributed by atoms with E-state index in [2.05, 4.69) is 5.32 Å². The van der Waals surface area contributed by atoms with E-state index in [1.54, 1.807) is 16.4 Å². The third kappa shape index (κ3) is 2.75. The Morgan fingerprint density at radius 1 is 1.35 bits per heavy atom. The van der Waals surface area contributed by atoms with E-state index in [-0.39, 0.29) is 5.54 Å². The minimum atomic E-state index is -3.40. The topological polar surface area (TPSA) is 49.4 Å². The van der Waals surface area contributed by atoms with Gasteiger partial charge in [0.15, 0.2) is 0 Å². The maximum atomic E-state index is 12.8. The molecule has 2 rings (SSSR count). The van der Waals surface area contributed by atoms with E-state index >= 15 is 0 Å². The standard InChI is InChI=1S/C15H24N2O2S/c1-12-6-7-14(10-13(12)11-16-4)20(18,19)17-9-5-8-15(17,2)3/h6-7,10,16H,5,8-9,11H2,1-4H3. The summed E-state index contributed by atoms with van der Waals surface area (Å²) in [4.78, 5) is 0.406. The summed E-state index contributed by atoms with van der Waals surface area (Å²) in [6.45, 7) is 7.30. The predicted molar refractivity (Wildman–Crippen MR) is 81.1 cm³/mol. The molecule has 0 saturated carbocycles. The zero-order valence-corrected chi connectivity index (χ0v) is 13.5. The molecule has 0 amide bonds. The van der Waals surface area contributed by atoms with E-state index in [0.717, 1.165) is 24.0 Å². The van der Waals surface area contributed by atoms with Crippen molar-refractivity contribution in [3.63, 3.8) is 0 Å². The highest BCUT2D eigenvalue weighted by molar-refractivity contribution is 7.89. The van der Waals surface area contributed by atoms with Gasteiger partial charge in [-0.3, -0.25) is 0 Å². The van der Waals surface area contributed by atoms with E-state index in [4.69, 9.17) is 0 Å². The van der Waals surface area contributed by atoms with Crippen LogP contribution in [-0.2, 0) is 16.6 Å². The Morgan fingerprint density at radius 2 is 2.05 bits per heavy atom. The van der Waals surface area contributed by atoms with E-state index < -0.39 is 10.0 Å². The number of sulfonamides is 1. The molecule has 112 valence electrons. The van der Waals surface area contributed by atoms with Crippen molar-refractivity contribution in [2.75, 3.05) is 13.6 Å². The van der Waals surface area contributed by atoms with E-state index in [1.165, 1.54) is 0 Å². The van der Waals surface area contributed by atoms with Crippen molar-refractivity contribution in [1.82, 2.24) is 9.62 Å². The fraction of sp³-hybridized carbons (Fsp3) is 0.600. The highest BCUT2D eigenvalue weighted by Crippen LogP contribution is 2.34. The second-order valence-corrected chi connectivity index (χ2v) is 7.97. The summed E-state index contributed by atoms with van der Waals surface area (Å²) in [5.74, 6) is 0. The Morgan fingerprint density at radius 3 is 2.60 bits per heavy atom. The van der Waals surface area contributed by atoms with Crippen LogP contribution in [0.2, 0.25) is 0 Å². The number of nitrogens with zero attached hydrogens (tertiary/aromatic N) is 1. The number of hydrogen-bond donors (Lipinski definition) is 1. The molecule has 0 aliphatic carbocycles. The van der Waals surface area contributed by atoms with Crippen LogP contribution < -0.4 is 5.32 Å². The van der Waals surface area contributed by atoms with Crippen molar-refractivity contribution >= 4 is 10.0 Å². The van der Waals surface area contributed by atoms with Crippen LogP contribution in [0.15, 0.2) is 23.1 Å². The average molecular weight is 296 g/mol. The Labute approximate surface area is 122 Å². The molecular weight excluding hydrogens is 272 g/mol. The Kier molecular flexibility index (Phi) is 4.23. The summed E-state index contributed by atoms with van der Waals surface area (Å²) in [5, 5.41) is 3.08. The van der Waals surface area contributed by atoms with Crippen molar-refractivity contribution in [2.45, 2.75) is 50.6 Å². The van der Waals surface area contributed by atoms with Gasteiger partial charge in [0.25, 0.3) is 0 Å². The van der Waals surface area contributed by atoms with Crippen LogP contribution in [0.4, 0.5) is 0 Å². The third-order valence-electron chi connectivity index (χ3n) is 4.10. The van der Waals surface area contributed by atoms with Crippen LogP contribution >= 0.6 is 0 Å². The lowest BCUT2D eigenvalue weighted by molar-refractivity contribution is 0.291. The lowest BCUT2D eigenvalue weighted by atomic mass is 10.0. The smallest absolute Gasteiger partial charge is 0.243 e.